The number of hydrogen-bond acceptors (Lipinski definition) is 2. The van der Waals surface area contributed by atoms with Gasteiger partial charge in [-0.05, 0) is 12.1 Å². The molecule has 1 rings (SSSR count). The predicted molar refractivity (Wildman–Crippen MR) is 59.2 cm³/mol. The molecule has 0 atom stereocenters. The minimum Gasteiger partial charge on any atom is -0.339 e. The highest BCUT2D eigenvalue weighted by atomic mass is 32.2. The summed E-state index contributed by atoms with van der Waals surface area (Å²) in [6.45, 7) is 0.549. The van der Waals surface area contributed by atoms with Crippen LogP contribution in [-0.2, 0) is 10.0 Å². The van der Waals surface area contributed by atoms with Crippen molar-refractivity contribution in [2.75, 3.05) is 27.2 Å². The Bertz CT molecular complexity index is 532. The summed E-state index contributed by atoms with van der Waals surface area (Å²) in [4.78, 5) is 0.0959. The van der Waals surface area contributed by atoms with E-state index in [2.05, 4.69) is 4.72 Å². The van der Waals surface area contributed by atoms with E-state index in [0.29, 0.717) is 18.7 Å². The van der Waals surface area contributed by atoms with E-state index in [9.17, 15) is 21.6 Å². The fraction of sp³-hybridized carbons (Fsp3) is 0.400. The number of quaternary nitrogens is 1. The van der Waals surface area contributed by atoms with Gasteiger partial charge in [0.25, 0.3) is 0 Å². The number of sulfonamides is 1. The fourth-order valence-corrected chi connectivity index (χ4v) is 2.33. The van der Waals surface area contributed by atoms with Crippen molar-refractivity contribution >= 4 is 10.0 Å². The molecule has 0 unspecified atom stereocenters. The number of nitrogens with one attached hydrogen (secondary N) is 2. The molecule has 1 aromatic carbocycles. The summed E-state index contributed by atoms with van der Waals surface area (Å²) < 4.78 is 64.3. The summed E-state index contributed by atoms with van der Waals surface area (Å²) >= 11 is 0. The topological polar surface area (TPSA) is 50.6 Å². The molecule has 102 valence electrons. The molecule has 2 N–H and O–H groups in total. The van der Waals surface area contributed by atoms with Crippen LogP contribution in [0, 0.1) is 17.5 Å². The van der Waals surface area contributed by atoms with E-state index in [-0.39, 0.29) is 6.54 Å². The zero-order chi connectivity index (χ0) is 13.9. The third kappa shape index (κ3) is 3.44. The first kappa shape index (κ1) is 14.9. The third-order valence-corrected chi connectivity index (χ3v) is 3.68. The molecule has 0 heterocycles. The molecule has 0 spiro atoms. The second-order valence-electron chi connectivity index (χ2n) is 4.03. The highest BCUT2D eigenvalue weighted by Crippen LogP contribution is 2.19. The van der Waals surface area contributed by atoms with Gasteiger partial charge in [0.1, 0.15) is 4.90 Å². The summed E-state index contributed by atoms with van der Waals surface area (Å²) in [6.07, 6.45) is 0. The first-order valence-electron chi connectivity index (χ1n) is 5.18. The van der Waals surface area contributed by atoms with Gasteiger partial charge in [0.15, 0.2) is 17.5 Å². The molecule has 4 nitrogen and oxygen atoms in total. The molecule has 0 radical (unpaired) electrons. The maximum absolute atomic E-state index is 13.3. The zero-order valence-electron chi connectivity index (χ0n) is 9.93. The Morgan fingerprint density at radius 3 is 2.33 bits per heavy atom. The lowest BCUT2D eigenvalue weighted by Crippen LogP contribution is -3.06. The smallest absolute Gasteiger partial charge is 0.243 e. The van der Waals surface area contributed by atoms with E-state index < -0.39 is 32.4 Å². The van der Waals surface area contributed by atoms with Crippen molar-refractivity contribution in [2.24, 2.45) is 0 Å². The molecule has 0 saturated carbocycles. The highest BCUT2D eigenvalue weighted by Gasteiger charge is 2.23. The first-order valence-corrected chi connectivity index (χ1v) is 6.66. The SMILES string of the molecule is C[NH+](C)CCNS(=O)(=O)c1ccc(F)c(F)c1F. The maximum atomic E-state index is 13.3. The van der Waals surface area contributed by atoms with Crippen LogP contribution in [0.5, 0.6) is 0 Å². The molecule has 0 amide bonds. The average molecular weight is 283 g/mol. The summed E-state index contributed by atoms with van der Waals surface area (Å²) in [5.74, 6) is -4.93. The van der Waals surface area contributed by atoms with E-state index in [1.165, 1.54) is 0 Å². The summed E-state index contributed by atoms with van der Waals surface area (Å²) in [5.41, 5.74) is 0. The Balaban J connectivity index is 2.96. The Morgan fingerprint density at radius 1 is 1.17 bits per heavy atom. The highest BCUT2D eigenvalue weighted by molar-refractivity contribution is 7.89. The normalized spacial score (nSPS) is 12.1. The van der Waals surface area contributed by atoms with Crippen LogP contribution >= 0.6 is 0 Å². The van der Waals surface area contributed by atoms with Crippen LogP contribution < -0.4 is 9.62 Å². The van der Waals surface area contributed by atoms with Gasteiger partial charge in [-0.25, -0.2) is 26.3 Å². The largest absolute Gasteiger partial charge is 0.339 e. The van der Waals surface area contributed by atoms with Crippen molar-refractivity contribution in [3.8, 4) is 0 Å². The second-order valence-corrected chi connectivity index (χ2v) is 5.76. The van der Waals surface area contributed by atoms with Crippen LogP contribution in [0.15, 0.2) is 17.0 Å². The molecule has 0 aromatic heterocycles. The standard InChI is InChI=1S/C10H13F3N2O2S/c1-15(2)6-5-14-18(16,17)8-4-3-7(11)9(12)10(8)13/h3-4,14H,5-6H2,1-2H3/p+1. The second kappa shape index (κ2) is 5.68. The minimum absolute atomic E-state index is 0.0725. The van der Waals surface area contributed by atoms with E-state index >= 15 is 0 Å². The van der Waals surface area contributed by atoms with E-state index in [0.717, 1.165) is 4.90 Å². The summed E-state index contributed by atoms with van der Waals surface area (Å²) in [5, 5.41) is 0. The van der Waals surface area contributed by atoms with Gasteiger partial charge in [0, 0.05) is 0 Å². The van der Waals surface area contributed by atoms with E-state index in [1.54, 1.807) is 0 Å². The molecule has 18 heavy (non-hydrogen) atoms. The third-order valence-electron chi connectivity index (χ3n) is 2.21. The van der Waals surface area contributed by atoms with Gasteiger partial charge in [-0.15, -0.1) is 0 Å². The zero-order valence-corrected chi connectivity index (χ0v) is 10.7. The molecular formula is C10H14F3N2O2S+. The van der Waals surface area contributed by atoms with Crippen LogP contribution in [0.2, 0.25) is 0 Å². The molecule has 0 bridgehead atoms. The Hall–Kier alpha value is -1.12. The Labute approximate surface area is 103 Å². The summed E-state index contributed by atoms with van der Waals surface area (Å²) in [6, 6.07) is 1.27. The molecule has 8 heteroatoms. The minimum atomic E-state index is -4.17. The number of likely N-dealkylation sites (N-methyl/N-ethyl adjacent to an activating group) is 1. The molecule has 1 aromatic rings. The lowest BCUT2D eigenvalue weighted by atomic mass is 10.3. The lowest BCUT2D eigenvalue weighted by molar-refractivity contribution is -0.856. The monoisotopic (exact) mass is 283 g/mol. The van der Waals surface area contributed by atoms with Crippen molar-refractivity contribution < 1.29 is 26.5 Å². The van der Waals surface area contributed by atoms with Gasteiger partial charge < -0.3 is 4.90 Å². The maximum Gasteiger partial charge on any atom is 0.243 e. The van der Waals surface area contributed by atoms with Crippen molar-refractivity contribution in [3.63, 3.8) is 0 Å². The van der Waals surface area contributed by atoms with Gasteiger partial charge in [-0.3, -0.25) is 0 Å². The van der Waals surface area contributed by atoms with E-state index in [4.69, 9.17) is 0 Å². The van der Waals surface area contributed by atoms with Crippen LogP contribution in [0.3, 0.4) is 0 Å². The van der Waals surface area contributed by atoms with Crippen molar-refractivity contribution in [3.05, 3.63) is 29.6 Å². The quantitative estimate of drug-likeness (QED) is 0.718. The molecular weight excluding hydrogens is 269 g/mol. The van der Waals surface area contributed by atoms with Gasteiger partial charge in [-0.1, -0.05) is 0 Å². The predicted octanol–water partition coefficient (Wildman–Crippen LogP) is -0.473. The number of halogens is 3. The molecule has 0 saturated heterocycles. The van der Waals surface area contributed by atoms with Crippen molar-refractivity contribution in [1.29, 1.82) is 0 Å². The van der Waals surface area contributed by atoms with Crippen LogP contribution in [0.4, 0.5) is 13.2 Å². The van der Waals surface area contributed by atoms with Gasteiger partial charge in [-0.2, -0.15) is 0 Å². The number of rotatable bonds is 5. The average Bonchev–Trinajstić information content (AvgIpc) is 2.24. The molecule has 0 aliphatic carbocycles. The fourth-order valence-electron chi connectivity index (χ4n) is 1.23. The number of hydrogen-bond donors (Lipinski definition) is 2. The lowest BCUT2D eigenvalue weighted by Gasteiger charge is -2.10. The van der Waals surface area contributed by atoms with Crippen molar-refractivity contribution in [2.45, 2.75) is 4.90 Å². The van der Waals surface area contributed by atoms with Crippen LogP contribution in [0.1, 0.15) is 0 Å². The summed E-state index contributed by atoms with van der Waals surface area (Å²) in [7, 11) is -0.547. The van der Waals surface area contributed by atoms with Crippen molar-refractivity contribution in [1.82, 2.24) is 4.72 Å². The first-order chi connectivity index (χ1) is 8.25. The molecule has 0 aliphatic rings. The van der Waals surface area contributed by atoms with Crippen LogP contribution in [0.25, 0.3) is 0 Å². The van der Waals surface area contributed by atoms with Crippen LogP contribution in [-0.4, -0.2) is 35.6 Å². The molecule has 0 fully saturated rings. The Kier molecular flexibility index (Phi) is 4.71. The van der Waals surface area contributed by atoms with Gasteiger partial charge >= 0.3 is 0 Å². The Morgan fingerprint density at radius 2 is 1.78 bits per heavy atom. The van der Waals surface area contributed by atoms with Gasteiger partial charge in [0.2, 0.25) is 10.0 Å². The number of benzene rings is 1. The van der Waals surface area contributed by atoms with E-state index in [1.807, 2.05) is 14.1 Å². The van der Waals surface area contributed by atoms with Gasteiger partial charge in [0.05, 0.1) is 27.2 Å². The molecule has 0 aliphatic heterocycles.